The van der Waals surface area contributed by atoms with E-state index in [0.29, 0.717) is 10.6 Å². The van der Waals surface area contributed by atoms with Gasteiger partial charge in [-0.25, -0.2) is 13.6 Å². The molecule has 1 heterocycles. The van der Waals surface area contributed by atoms with E-state index in [1.54, 1.807) is 24.3 Å². The Morgan fingerprint density at radius 1 is 1.29 bits per heavy atom. The van der Waals surface area contributed by atoms with Gasteiger partial charge in [0.25, 0.3) is 6.43 Å². The molecule has 0 aliphatic rings. The maximum Gasteiger partial charge on any atom is 0.345 e. The number of nitrogens with one attached hydrogen (secondary N) is 1. The van der Waals surface area contributed by atoms with Crippen LogP contribution in [0.5, 0.6) is 0 Å². The monoisotopic (exact) mass is 256 g/mol. The normalized spacial score (nSPS) is 10.8. The average molecular weight is 257 g/mol. The Morgan fingerprint density at radius 2 is 2.06 bits per heavy atom. The molecule has 0 fully saturated rings. The van der Waals surface area contributed by atoms with E-state index < -0.39 is 17.8 Å². The summed E-state index contributed by atoms with van der Waals surface area (Å²) < 4.78 is 25.0. The molecule has 1 aromatic heterocycles. The molecule has 0 unspecified atom stereocenters. The van der Waals surface area contributed by atoms with E-state index in [1.165, 1.54) is 0 Å². The van der Waals surface area contributed by atoms with Gasteiger partial charge in [0.2, 0.25) is 0 Å². The number of rotatable bonds is 2. The maximum absolute atomic E-state index is 12.5. The van der Waals surface area contributed by atoms with Gasteiger partial charge in [-0.3, -0.25) is 0 Å². The van der Waals surface area contributed by atoms with Crippen LogP contribution in [0.2, 0.25) is 5.02 Å². The zero-order valence-corrected chi connectivity index (χ0v) is 9.21. The van der Waals surface area contributed by atoms with Gasteiger partial charge in [0.05, 0.1) is 11.4 Å². The Kier molecular flexibility index (Phi) is 3.19. The Bertz CT molecular complexity index is 598. The third-order valence-corrected chi connectivity index (χ3v) is 2.36. The van der Waals surface area contributed by atoms with E-state index in [4.69, 9.17) is 11.6 Å². The van der Waals surface area contributed by atoms with Crippen LogP contribution >= 0.6 is 11.6 Å². The van der Waals surface area contributed by atoms with Crippen LogP contribution in [-0.4, -0.2) is 9.97 Å². The lowest BCUT2D eigenvalue weighted by Crippen LogP contribution is -2.13. The smallest absolute Gasteiger partial charge is 0.304 e. The van der Waals surface area contributed by atoms with Gasteiger partial charge in [-0.2, -0.15) is 4.98 Å². The Labute approximate surface area is 100 Å². The van der Waals surface area contributed by atoms with Crippen molar-refractivity contribution in [3.05, 3.63) is 51.5 Å². The van der Waals surface area contributed by atoms with Crippen LogP contribution in [0.3, 0.4) is 0 Å². The molecule has 0 bridgehead atoms. The van der Waals surface area contributed by atoms with E-state index in [2.05, 4.69) is 4.98 Å². The van der Waals surface area contributed by atoms with Crippen molar-refractivity contribution in [3.8, 4) is 11.3 Å². The van der Waals surface area contributed by atoms with Crippen LogP contribution in [0.25, 0.3) is 11.3 Å². The summed E-state index contributed by atoms with van der Waals surface area (Å²) >= 11 is 5.77. The summed E-state index contributed by atoms with van der Waals surface area (Å²) in [6.45, 7) is 0. The fourth-order valence-corrected chi connectivity index (χ4v) is 1.58. The number of aromatic amines is 1. The minimum Gasteiger partial charge on any atom is -0.304 e. The standard InChI is InChI=1S/C11H7ClF2N2O/c12-7-3-1-2-6(4-7)8-5-9(10(13)14)16-11(17)15-8/h1-5,10H,(H,15,16,17). The van der Waals surface area contributed by atoms with E-state index in [1.807, 2.05) is 4.98 Å². The second-order valence-electron chi connectivity index (χ2n) is 3.34. The molecule has 1 N–H and O–H groups in total. The van der Waals surface area contributed by atoms with Crippen molar-refractivity contribution in [2.24, 2.45) is 0 Å². The first kappa shape index (κ1) is 11.7. The van der Waals surface area contributed by atoms with Crippen molar-refractivity contribution in [2.75, 3.05) is 0 Å². The molecule has 0 saturated heterocycles. The topological polar surface area (TPSA) is 45.8 Å². The highest BCUT2D eigenvalue weighted by molar-refractivity contribution is 6.30. The van der Waals surface area contributed by atoms with Crippen molar-refractivity contribution >= 4 is 11.6 Å². The second kappa shape index (κ2) is 4.63. The summed E-state index contributed by atoms with van der Waals surface area (Å²) in [6.07, 6.45) is -2.75. The molecule has 0 saturated carbocycles. The molecule has 3 nitrogen and oxygen atoms in total. The lowest BCUT2D eigenvalue weighted by atomic mass is 10.1. The first-order valence-electron chi connectivity index (χ1n) is 4.71. The number of alkyl halides is 2. The molecule has 88 valence electrons. The number of halogens is 3. The van der Waals surface area contributed by atoms with E-state index in [-0.39, 0.29) is 5.69 Å². The molecular formula is C11H7ClF2N2O. The van der Waals surface area contributed by atoms with Crippen LogP contribution < -0.4 is 5.69 Å². The number of aromatic nitrogens is 2. The third kappa shape index (κ3) is 2.68. The molecule has 1 aromatic carbocycles. The highest BCUT2D eigenvalue weighted by atomic mass is 35.5. The zero-order valence-electron chi connectivity index (χ0n) is 8.45. The predicted octanol–water partition coefficient (Wildman–Crippen LogP) is 3.03. The lowest BCUT2D eigenvalue weighted by Gasteiger charge is -2.03. The van der Waals surface area contributed by atoms with Gasteiger partial charge in [0, 0.05) is 10.6 Å². The Hall–Kier alpha value is -1.75. The van der Waals surface area contributed by atoms with Crippen molar-refractivity contribution in [2.45, 2.75) is 6.43 Å². The van der Waals surface area contributed by atoms with Crippen LogP contribution in [-0.2, 0) is 0 Å². The van der Waals surface area contributed by atoms with Gasteiger partial charge in [0.1, 0.15) is 0 Å². The number of hydrogen-bond acceptors (Lipinski definition) is 2. The van der Waals surface area contributed by atoms with Crippen LogP contribution in [0.15, 0.2) is 35.1 Å². The van der Waals surface area contributed by atoms with Gasteiger partial charge in [0.15, 0.2) is 0 Å². The Morgan fingerprint density at radius 3 is 2.71 bits per heavy atom. The minimum absolute atomic E-state index is 0.173. The number of H-pyrrole nitrogens is 1. The van der Waals surface area contributed by atoms with Gasteiger partial charge in [-0.05, 0) is 18.2 Å². The number of hydrogen-bond donors (Lipinski definition) is 1. The van der Waals surface area contributed by atoms with Crippen LogP contribution in [0.1, 0.15) is 12.1 Å². The van der Waals surface area contributed by atoms with Gasteiger partial charge < -0.3 is 4.98 Å². The highest BCUT2D eigenvalue weighted by Gasteiger charge is 2.11. The first-order chi connectivity index (χ1) is 8.06. The SMILES string of the molecule is O=c1nc(-c2cccc(Cl)c2)cc(C(F)F)[nH]1. The molecule has 2 rings (SSSR count). The number of nitrogens with zero attached hydrogens (tertiary/aromatic N) is 1. The molecule has 17 heavy (non-hydrogen) atoms. The van der Waals surface area contributed by atoms with Crippen molar-refractivity contribution in [3.63, 3.8) is 0 Å². The maximum atomic E-state index is 12.5. The van der Waals surface area contributed by atoms with Gasteiger partial charge in [-0.1, -0.05) is 23.7 Å². The van der Waals surface area contributed by atoms with Crippen molar-refractivity contribution < 1.29 is 8.78 Å². The van der Waals surface area contributed by atoms with Crippen molar-refractivity contribution in [1.82, 2.24) is 9.97 Å². The van der Waals surface area contributed by atoms with Gasteiger partial charge >= 0.3 is 5.69 Å². The van der Waals surface area contributed by atoms with E-state index in [9.17, 15) is 13.6 Å². The van der Waals surface area contributed by atoms with E-state index in [0.717, 1.165) is 6.07 Å². The molecule has 2 aromatic rings. The summed E-state index contributed by atoms with van der Waals surface area (Å²) in [5, 5.41) is 0.447. The molecule has 0 atom stereocenters. The second-order valence-corrected chi connectivity index (χ2v) is 3.77. The summed E-state index contributed by atoms with van der Waals surface area (Å²) in [7, 11) is 0. The largest absolute Gasteiger partial charge is 0.345 e. The molecule has 0 amide bonds. The summed E-state index contributed by atoms with van der Waals surface area (Å²) in [4.78, 5) is 16.7. The predicted molar refractivity (Wildman–Crippen MR) is 60.3 cm³/mol. The van der Waals surface area contributed by atoms with E-state index >= 15 is 0 Å². The summed E-state index contributed by atoms with van der Waals surface area (Å²) in [5.41, 5.74) is -0.574. The van der Waals surface area contributed by atoms with Crippen molar-refractivity contribution in [1.29, 1.82) is 0 Å². The van der Waals surface area contributed by atoms with Crippen LogP contribution in [0.4, 0.5) is 8.78 Å². The quantitative estimate of drug-likeness (QED) is 0.898. The highest BCUT2D eigenvalue weighted by Crippen LogP contribution is 2.23. The fourth-order valence-electron chi connectivity index (χ4n) is 1.39. The molecule has 0 aliphatic carbocycles. The van der Waals surface area contributed by atoms with Gasteiger partial charge in [-0.15, -0.1) is 0 Å². The summed E-state index contributed by atoms with van der Waals surface area (Å²) in [5.74, 6) is 0. The lowest BCUT2D eigenvalue weighted by molar-refractivity contribution is 0.145. The minimum atomic E-state index is -2.75. The Balaban J connectivity index is 2.56. The first-order valence-corrected chi connectivity index (χ1v) is 5.09. The molecule has 6 heteroatoms. The van der Waals surface area contributed by atoms with Crippen LogP contribution in [0, 0.1) is 0 Å². The molecular weight excluding hydrogens is 250 g/mol. The number of benzene rings is 1. The third-order valence-electron chi connectivity index (χ3n) is 2.12. The average Bonchev–Trinajstić information content (AvgIpc) is 2.28. The fraction of sp³-hybridized carbons (Fsp3) is 0.0909. The molecule has 0 spiro atoms. The summed E-state index contributed by atoms with van der Waals surface area (Å²) in [6, 6.07) is 7.63. The molecule has 0 aliphatic heterocycles. The molecule has 0 radical (unpaired) electrons. The zero-order chi connectivity index (χ0) is 12.4.